The monoisotopic (exact) mass is 330 g/mol. The van der Waals surface area contributed by atoms with Gasteiger partial charge in [0.05, 0.1) is 0 Å². The summed E-state index contributed by atoms with van der Waals surface area (Å²) in [6.07, 6.45) is 2.23. The Balaban J connectivity index is 1.90. The van der Waals surface area contributed by atoms with Gasteiger partial charge in [0, 0.05) is 26.6 Å². The van der Waals surface area contributed by atoms with Crippen molar-refractivity contribution in [3.8, 4) is 0 Å². The molecule has 2 aromatic rings. The number of carbonyl (C=O) groups excluding carboxylic acids is 2. The minimum Gasteiger partial charge on any atom is -0.357 e. The Hall–Kier alpha value is -2.90. The summed E-state index contributed by atoms with van der Waals surface area (Å²) in [6.45, 7) is 3.18. The highest BCUT2D eigenvalue weighted by Gasteiger charge is 2.21. The average Bonchev–Trinajstić information content (AvgIpc) is 3.07. The topological polar surface area (TPSA) is 101 Å². The standard InChI is InChI=1S/C16H22N6O2/c1-3-22-11-19-21-13(22)9-10-18-16(24)20-14(15(23)17-2)12-7-5-4-6-8-12/h4-8,11,14H,3,9-10H2,1-2H3,(H,17,23)(H2,18,20,24). The Kier molecular flexibility index (Phi) is 6.30. The zero-order valence-electron chi connectivity index (χ0n) is 13.8. The molecule has 0 bridgehead atoms. The van der Waals surface area contributed by atoms with E-state index in [-0.39, 0.29) is 5.91 Å². The van der Waals surface area contributed by atoms with Crippen molar-refractivity contribution in [2.75, 3.05) is 13.6 Å². The highest BCUT2D eigenvalue weighted by atomic mass is 16.2. The van der Waals surface area contributed by atoms with Crippen LogP contribution in [0.15, 0.2) is 36.7 Å². The van der Waals surface area contributed by atoms with Crippen LogP contribution in [0.3, 0.4) is 0 Å². The molecule has 0 radical (unpaired) electrons. The number of aromatic nitrogens is 3. The maximum Gasteiger partial charge on any atom is 0.315 e. The van der Waals surface area contributed by atoms with E-state index >= 15 is 0 Å². The fourth-order valence-corrected chi connectivity index (χ4v) is 2.30. The Morgan fingerprint density at radius 3 is 2.67 bits per heavy atom. The van der Waals surface area contributed by atoms with Gasteiger partial charge in [-0.05, 0) is 12.5 Å². The number of amides is 3. The van der Waals surface area contributed by atoms with Crippen molar-refractivity contribution in [3.63, 3.8) is 0 Å². The van der Waals surface area contributed by atoms with E-state index in [2.05, 4.69) is 26.1 Å². The lowest BCUT2D eigenvalue weighted by Gasteiger charge is -2.18. The minimum absolute atomic E-state index is 0.276. The summed E-state index contributed by atoms with van der Waals surface area (Å²) >= 11 is 0. The van der Waals surface area contributed by atoms with E-state index in [0.717, 1.165) is 17.9 Å². The molecule has 8 heteroatoms. The maximum atomic E-state index is 12.1. The fourth-order valence-electron chi connectivity index (χ4n) is 2.30. The summed E-state index contributed by atoms with van der Waals surface area (Å²) in [5.41, 5.74) is 0.720. The third kappa shape index (κ3) is 4.55. The van der Waals surface area contributed by atoms with Crippen LogP contribution in [0.4, 0.5) is 4.79 Å². The van der Waals surface area contributed by atoms with Crippen LogP contribution in [0.1, 0.15) is 24.4 Å². The van der Waals surface area contributed by atoms with Gasteiger partial charge in [0.2, 0.25) is 5.91 Å². The second kappa shape index (κ2) is 8.66. The largest absolute Gasteiger partial charge is 0.357 e. The van der Waals surface area contributed by atoms with E-state index < -0.39 is 12.1 Å². The summed E-state index contributed by atoms with van der Waals surface area (Å²) in [5, 5.41) is 15.8. The lowest BCUT2D eigenvalue weighted by atomic mass is 10.1. The molecule has 0 aliphatic carbocycles. The number of nitrogens with zero attached hydrogens (tertiary/aromatic N) is 3. The van der Waals surface area contributed by atoms with Gasteiger partial charge in [0.25, 0.3) is 0 Å². The predicted molar refractivity (Wildman–Crippen MR) is 89.2 cm³/mol. The molecule has 0 aliphatic rings. The Bertz CT molecular complexity index is 670. The quantitative estimate of drug-likeness (QED) is 0.693. The number of rotatable bonds is 7. The summed E-state index contributed by atoms with van der Waals surface area (Å²) in [7, 11) is 1.54. The number of hydrogen-bond acceptors (Lipinski definition) is 4. The molecule has 24 heavy (non-hydrogen) atoms. The number of hydrogen-bond donors (Lipinski definition) is 3. The van der Waals surface area contributed by atoms with Crippen LogP contribution in [0.25, 0.3) is 0 Å². The lowest BCUT2D eigenvalue weighted by molar-refractivity contribution is -0.122. The van der Waals surface area contributed by atoms with Gasteiger partial charge in [0.1, 0.15) is 18.2 Å². The zero-order chi connectivity index (χ0) is 17.4. The van der Waals surface area contributed by atoms with Crippen LogP contribution in [0.2, 0.25) is 0 Å². The van der Waals surface area contributed by atoms with Gasteiger partial charge in [-0.15, -0.1) is 10.2 Å². The first-order valence-electron chi connectivity index (χ1n) is 7.83. The minimum atomic E-state index is -0.740. The molecule has 0 fully saturated rings. The summed E-state index contributed by atoms with van der Waals surface area (Å²) in [5.74, 6) is 0.533. The van der Waals surface area contributed by atoms with Crippen molar-refractivity contribution in [2.24, 2.45) is 0 Å². The molecule has 2 rings (SSSR count). The van der Waals surface area contributed by atoms with Crippen LogP contribution < -0.4 is 16.0 Å². The molecule has 3 N–H and O–H groups in total. The molecule has 8 nitrogen and oxygen atoms in total. The normalized spacial score (nSPS) is 11.6. The van der Waals surface area contributed by atoms with Crippen LogP contribution >= 0.6 is 0 Å². The fraction of sp³-hybridized carbons (Fsp3) is 0.375. The predicted octanol–water partition coefficient (Wildman–Crippen LogP) is 0.627. The molecular weight excluding hydrogens is 308 g/mol. The number of urea groups is 1. The van der Waals surface area contributed by atoms with Crippen molar-refractivity contribution >= 4 is 11.9 Å². The number of carbonyl (C=O) groups is 2. The third-order valence-corrected chi connectivity index (χ3v) is 3.59. The summed E-state index contributed by atoms with van der Waals surface area (Å²) < 4.78 is 1.91. The zero-order valence-corrected chi connectivity index (χ0v) is 13.8. The first-order valence-corrected chi connectivity index (χ1v) is 7.83. The molecule has 3 amide bonds. The van der Waals surface area contributed by atoms with Crippen molar-refractivity contribution in [1.29, 1.82) is 0 Å². The SMILES string of the molecule is CCn1cnnc1CCNC(=O)NC(C(=O)NC)c1ccccc1. The van der Waals surface area contributed by atoms with Crippen molar-refractivity contribution in [3.05, 3.63) is 48.0 Å². The molecule has 128 valence electrons. The van der Waals surface area contributed by atoms with E-state index in [1.807, 2.05) is 29.7 Å². The Morgan fingerprint density at radius 2 is 2.00 bits per heavy atom. The van der Waals surface area contributed by atoms with Crippen LogP contribution in [-0.4, -0.2) is 40.3 Å². The number of nitrogens with one attached hydrogen (secondary N) is 3. The molecule has 1 unspecified atom stereocenters. The van der Waals surface area contributed by atoms with Gasteiger partial charge in [-0.1, -0.05) is 30.3 Å². The van der Waals surface area contributed by atoms with Gasteiger partial charge >= 0.3 is 6.03 Å². The van der Waals surface area contributed by atoms with Crippen molar-refractivity contribution < 1.29 is 9.59 Å². The highest BCUT2D eigenvalue weighted by molar-refractivity contribution is 5.87. The first kappa shape index (κ1) is 17.5. The van der Waals surface area contributed by atoms with Gasteiger partial charge in [-0.3, -0.25) is 4.79 Å². The van der Waals surface area contributed by atoms with E-state index in [0.29, 0.717) is 13.0 Å². The molecular formula is C16H22N6O2. The van der Waals surface area contributed by atoms with Crippen LogP contribution in [-0.2, 0) is 17.8 Å². The number of aryl methyl sites for hydroxylation is 1. The first-order chi connectivity index (χ1) is 11.7. The highest BCUT2D eigenvalue weighted by Crippen LogP contribution is 2.12. The molecule has 0 saturated carbocycles. The van der Waals surface area contributed by atoms with Gasteiger partial charge < -0.3 is 20.5 Å². The van der Waals surface area contributed by atoms with E-state index in [9.17, 15) is 9.59 Å². The number of benzene rings is 1. The summed E-state index contributed by atoms with van der Waals surface area (Å²) in [4.78, 5) is 24.1. The average molecular weight is 330 g/mol. The molecule has 0 saturated heterocycles. The molecule has 0 spiro atoms. The van der Waals surface area contributed by atoms with Crippen LogP contribution in [0, 0.1) is 0 Å². The van der Waals surface area contributed by atoms with Crippen LogP contribution in [0.5, 0.6) is 0 Å². The van der Waals surface area contributed by atoms with Gasteiger partial charge in [-0.2, -0.15) is 0 Å². The molecule has 1 atom stereocenters. The maximum absolute atomic E-state index is 12.1. The Morgan fingerprint density at radius 1 is 1.25 bits per heavy atom. The summed E-state index contributed by atoms with van der Waals surface area (Å²) in [6, 6.07) is 7.94. The lowest BCUT2D eigenvalue weighted by Crippen LogP contribution is -2.44. The second-order valence-electron chi connectivity index (χ2n) is 5.14. The molecule has 1 aromatic carbocycles. The number of likely N-dealkylation sites (N-methyl/N-ethyl adjacent to an activating group) is 1. The second-order valence-corrected chi connectivity index (χ2v) is 5.14. The Labute approximate surface area is 140 Å². The van der Waals surface area contributed by atoms with E-state index in [4.69, 9.17) is 0 Å². The van der Waals surface area contributed by atoms with E-state index in [1.54, 1.807) is 18.5 Å². The molecule has 1 aromatic heterocycles. The van der Waals surface area contributed by atoms with Crippen molar-refractivity contribution in [1.82, 2.24) is 30.7 Å². The van der Waals surface area contributed by atoms with E-state index in [1.165, 1.54) is 7.05 Å². The van der Waals surface area contributed by atoms with Gasteiger partial charge in [0.15, 0.2) is 0 Å². The van der Waals surface area contributed by atoms with Crippen molar-refractivity contribution in [2.45, 2.75) is 25.9 Å². The molecule has 0 aliphatic heterocycles. The third-order valence-electron chi connectivity index (χ3n) is 3.59. The smallest absolute Gasteiger partial charge is 0.315 e. The molecule has 1 heterocycles. The van der Waals surface area contributed by atoms with Gasteiger partial charge in [-0.25, -0.2) is 4.79 Å².